The summed E-state index contributed by atoms with van der Waals surface area (Å²) in [6.07, 6.45) is 4.20. The Morgan fingerprint density at radius 1 is 1.31 bits per heavy atom. The zero-order valence-corrected chi connectivity index (χ0v) is 7.96. The lowest BCUT2D eigenvalue weighted by Gasteiger charge is -1.96. The van der Waals surface area contributed by atoms with Gasteiger partial charge in [0.05, 0.1) is 0 Å². The number of fused-ring (bicyclic) bond motifs is 1. The molecule has 1 heterocycles. The molecule has 0 aliphatic rings. The van der Waals surface area contributed by atoms with Crippen molar-refractivity contribution in [3.63, 3.8) is 0 Å². The number of rotatable bonds is 1. The van der Waals surface area contributed by atoms with Crippen LogP contribution in [0.5, 0.6) is 0 Å². The van der Waals surface area contributed by atoms with E-state index in [1.54, 1.807) is 0 Å². The highest BCUT2D eigenvalue weighted by atomic mass is 14.7. The molecule has 0 radical (unpaired) electrons. The molecule has 0 fully saturated rings. The molecule has 0 amide bonds. The summed E-state index contributed by atoms with van der Waals surface area (Å²) >= 11 is 0. The minimum absolute atomic E-state index is 1.21. The molecule has 1 aromatic heterocycles. The van der Waals surface area contributed by atoms with Gasteiger partial charge in [-0.3, -0.25) is 0 Å². The van der Waals surface area contributed by atoms with Gasteiger partial charge in [0.1, 0.15) is 0 Å². The predicted octanol–water partition coefficient (Wildman–Crippen LogP) is 3.59. The van der Waals surface area contributed by atoms with Crippen molar-refractivity contribution >= 4 is 16.5 Å². The largest absolute Gasteiger partial charge is 0.361 e. The summed E-state index contributed by atoms with van der Waals surface area (Å²) < 4.78 is 0. The molecule has 1 N–H and O–H groups in total. The van der Waals surface area contributed by atoms with Gasteiger partial charge in [-0.05, 0) is 25.5 Å². The van der Waals surface area contributed by atoms with Gasteiger partial charge in [-0.2, -0.15) is 0 Å². The smallest absolute Gasteiger partial charge is 0.0460 e. The number of aromatic amines is 1. The Hall–Kier alpha value is -1.50. The lowest BCUT2D eigenvalue weighted by atomic mass is 10.1. The molecular formula is C12H13N. The van der Waals surface area contributed by atoms with Gasteiger partial charge in [0.15, 0.2) is 0 Å². The van der Waals surface area contributed by atoms with E-state index in [0.29, 0.717) is 0 Å². The lowest BCUT2D eigenvalue weighted by Crippen LogP contribution is -1.74. The highest BCUT2D eigenvalue weighted by Gasteiger charge is 2.02. The number of nitrogens with one attached hydrogen (secondary N) is 1. The lowest BCUT2D eigenvalue weighted by molar-refractivity contribution is 1.45. The first-order chi connectivity index (χ1) is 6.33. The third-order valence-corrected chi connectivity index (χ3v) is 2.45. The Morgan fingerprint density at radius 3 is 2.85 bits per heavy atom. The maximum Gasteiger partial charge on any atom is 0.0460 e. The number of para-hydroxylation sites is 1. The van der Waals surface area contributed by atoms with Gasteiger partial charge in [0, 0.05) is 22.7 Å². The van der Waals surface area contributed by atoms with E-state index in [1.807, 2.05) is 6.07 Å². The molecule has 0 bridgehead atoms. The first kappa shape index (κ1) is 8.11. The molecule has 0 unspecified atom stereocenters. The molecule has 2 rings (SSSR count). The third kappa shape index (κ3) is 1.26. The topological polar surface area (TPSA) is 15.8 Å². The monoisotopic (exact) mass is 171 g/mol. The molecule has 0 spiro atoms. The van der Waals surface area contributed by atoms with Crippen LogP contribution >= 0.6 is 0 Å². The van der Waals surface area contributed by atoms with E-state index < -0.39 is 0 Å². The van der Waals surface area contributed by atoms with Crippen LogP contribution in [0.15, 0.2) is 36.5 Å². The Bertz CT molecular complexity index is 449. The summed E-state index contributed by atoms with van der Waals surface area (Å²) in [5.74, 6) is 0. The maximum absolute atomic E-state index is 3.26. The summed E-state index contributed by atoms with van der Waals surface area (Å²) in [7, 11) is 0. The fourth-order valence-electron chi connectivity index (χ4n) is 1.55. The average molecular weight is 171 g/mol. The molecule has 1 nitrogen and oxygen atoms in total. The molecular weight excluding hydrogens is 158 g/mol. The molecule has 0 saturated carbocycles. The first-order valence-corrected chi connectivity index (χ1v) is 4.52. The summed E-state index contributed by atoms with van der Waals surface area (Å²) in [5.41, 5.74) is 3.83. The van der Waals surface area contributed by atoms with Crippen LogP contribution < -0.4 is 0 Å². The van der Waals surface area contributed by atoms with E-state index in [9.17, 15) is 0 Å². The second-order valence-electron chi connectivity index (χ2n) is 3.22. The van der Waals surface area contributed by atoms with Gasteiger partial charge in [-0.15, -0.1) is 0 Å². The summed E-state index contributed by atoms with van der Waals surface area (Å²) in [6, 6.07) is 8.37. The van der Waals surface area contributed by atoms with Crippen LogP contribution in [0.4, 0.5) is 0 Å². The van der Waals surface area contributed by atoms with Crippen LogP contribution in [0.2, 0.25) is 0 Å². The summed E-state index contributed by atoms with van der Waals surface area (Å²) in [4.78, 5) is 3.26. The molecule has 1 heteroatoms. The van der Waals surface area contributed by atoms with Crippen molar-refractivity contribution < 1.29 is 0 Å². The molecule has 0 saturated heterocycles. The van der Waals surface area contributed by atoms with Crippen molar-refractivity contribution in [2.75, 3.05) is 0 Å². The van der Waals surface area contributed by atoms with Crippen LogP contribution in [-0.2, 0) is 0 Å². The average Bonchev–Trinajstić information content (AvgIpc) is 2.60. The zero-order valence-electron chi connectivity index (χ0n) is 7.96. The predicted molar refractivity (Wildman–Crippen MR) is 57.6 cm³/mol. The van der Waals surface area contributed by atoms with Gasteiger partial charge < -0.3 is 4.98 Å². The first-order valence-electron chi connectivity index (χ1n) is 4.52. The van der Waals surface area contributed by atoms with E-state index in [0.717, 1.165) is 0 Å². The number of H-pyrrole nitrogens is 1. The number of allylic oxidation sites excluding steroid dienone is 2. The standard InChI is InChI=1S/C12H13N/c1-3-9(2)11-8-13-12-7-5-4-6-10(11)12/h3-8,13H,1-2H3/b9-3-. The van der Waals surface area contributed by atoms with Gasteiger partial charge in [0.25, 0.3) is 0 Å². The van der Waals surface area contributed by atoms with Crippen molar-refractivity contribution in [2.24, 2.45) is 0 Å². The number of hydrogen-bond acceptors (Lipinski definition) is 0. The van der Waals surface area contributed by atoms with Crippen LogP contribution in [0, 0.1) is 0 Å². The highest BCUT2D eigenvalue weighted by Crippen LogP contribution is 2.23. The summed E-state index contributed by atoms with van der Waals surface area (Å²) in [6.45, 7) is 4.20. The second-order valence-corrected chi connectivity index (χ2v) is 3.22. The molecule has 1 aromatic carbocycles. The van der Waals surface area contributed by atoms with E-state index in [4.69, 9.17) is 0 Å². The fourth-order valence-corrected chi connectivity index (χ4v) is 1.55. The number of benzene rings is 1. The van der Waals surface area contributed by atoms with Crippen LogP contribution in [0.3, 0.4) is 0 Å². The maximum atomic E-state index is 3.26. The molecule has 66 valence electrons. The van der Waals surface area contributed by atoms with Crippen LogP contribution in [0.1, 0.15) is 19.4 Å². The molecule has 0 atom stereocenters. The van der Waals surface area contributed by atoms with Gasteiger partial charge >= 0.3 is 0 Å². The van der Waals surface area contributed by atoms with Crippen molar-refractivity contribution in [3.8, 4) is 0 Å². The Morgan fingerprint density at radius 2 is 2.08 bits per heavy atom. The van der Waals surface area contributed by atoms with Crippen molar-refractivity contribution in [1.82, 2.24) is 4.98 Å². The van der Waals surface area contributed by atoms with E-state index in [2.05, 4.69) is 49.3 Å². The van der Waals surface area contributed by atoms with E-state index in [1.165, 1.54) is 22.0 Å². The van der Waals surface area contributed by atoms with Gasteiger partial charge in [-0.1, -0.05) is 24.3 Å². The van der Waals surface area contributed by atoms with Gasteiger partial charge in [-0.25, -0.2) is 0 Å². The molecule has 13 heavy (non-hydrogen) atoms. The van der Waals surface area contributed by atoms with Crippen molar-refractivity contribution in [1.29, 1.82) is 0 Å². The molecule has 2 aromatic rings. The zero-order chi connectivity index (χ0) is 9.26. The Kier molecular flexibility index (Phi) is 1.93. The van der Waals surface area contributed by atoms with Crippen LogP contribution in [0.25, 0.3) is 16.5 Å². The number of aromatic nitrogens is 1. The SMILES string of the molecule is C/C=C(/C)c1c[nH]c2ccccc12. The minimum Gasteiger partial charge on any atom is -0.361 e. The fraction of sp³-hybridized carbons (Fsp3) is 0.167. The van der Waals surface area contributed by atoms with E-state index in [-0.39, 0.29) is 0 Å². The number of hydrogen-bond donors (Lipinski definition) is 1. The minimum atomic E-state index is 1.21. The Balaban J connectivity index is 2.71. The third-order valence-electron chi connectivity index (χ3n) is 2.45. The quantitative estimate of drug-likeness (QED) is 0.674. The Labute approximate surface area is 78.1 Å². The van der Waals surface area contributed by atoms with Crippen molar-refractivity contribution in [2.45, 2.75) is 13.8 Å². The highest BCUT2D eigenvalue weighted by molar-refractivity contribution is 5.91. The molecule has 0 aliphatic carbocycles. The normalized spacial score (nSPS) is 12.3. The van der Waals surface area contributed by atoms with Crippen LogP contribution in [-0.4, -0.2) is 4.98 Å². The van der Waals surface area contributed by atoms with Crippen molar-refractivity contribution in [3.05, 3.63) is 42.1 Å². The van der Waals surface area contributed by atoms with Gasteiger partial charge in [0.2, 0.25) is 0 Å². The second kappa shape index (κ2) is 3.09. The van der Waals surface area contributed by atoms with E-state index >= 15 is 0 Å². The molecule has 0 aliphatic heterocycles. The summed E-state index contributed by atoms with van der Waals surface area (Å²) in [5, 5.41) is 1.30.